The van der Waals surface area contributed by atoms with Crippen LogP contribution < -0.4 is 5.73 Å². The van der Waals surface area contributed by atoms with Gasteiger partial charge in [-0.3, -0.25) is 4.40 Å². The van der Waals surface area contributed by atoms with Crippen LogP contribution in [-0.2, 0) is 0 Å². The van der Waals surface area contributed by atoms with Gasteiger partial charge < -0.3 is 5.73 Å². The van der Waals surface area contributed by atoms with Crippen LogP contribution in [-0.4, -0.2) is 9.38 Å². The van der Waals surface area contributed by atoms with Crippen LogP contribution in [0.5, 0.6) is 0 Å². The molecule has 0 spiro atoms. The summed E-state index contributed by atoms with van der Waals surface area (Å²) in [6.45, 7) is 3.93. The van der Waals surface area contributed by atoms with Gasteiger partial charge in [0.15, 0.2) is 0 Å². The number of aromatic nitrogens is 2. The first-order chi connectivity index (χ1) is 6.09. The Hall–Kier alpha value is -1.03. The van der Waals surface area contributed by atoms with Crippen molar-refractivity contribution in [3.8, 4) is 0 Å². The predicted molar refractivity (Wildman–Crippen MR) is 56.8 cm³/mol. The lowest BCUT2D eigenvalue weighted by atomic mass is 10.3. The lowest BCUT2D eigenvalue weighted by Gasteiger charge is -2.00. The van der Waals surface area contributed by atoms with E-state index >= 15 is 0 Å². The monoisotopic (exact) mass is 239 g/mol. The average Bonchev–Trinajstić information content (AvgIpc) is 2.32. The van der Waals surface area contributed by atoms with Gasteiger partial charge in [0.05, 0.1) is 5.69 Å². The number of anilines is 1. The molecular formula is C9H10BrN3. The normalized spacial score (nSPS) is 11.0. The molecule has 0 unspecified atom stereocenters. The second kappa shape index (κ2) is 2.73. The summed E-state index contributed by atoms with van der Waals surface area (Å²) in [6.07, 6.45) is 1.93. The van der Waals surface area contributed by atoms with Gasteiger partial charge in [-0.2, -0.15) is 0 Å². The number of nitrogens with two attached hydrogens (primary N) is 1. The van der Waals surface area contributed by atoms with Gasteiger partial charge in [-0.05, 0) is 41.4 Å². The van der Waals surface area contributed by atoms with E-state index in [-0.39, 0.29) is 0 Å². The molecule has 2 N–H and O–H groups in total. The van der Waals surface area contributed by atoms with E-state index in [1.165, 1.54) is 0 Å². The largest absolute Gasteiger partial charge is 0.383 e. The number of aryl methyl sites for hydroxylation is 2. The first-order valence-corrected chi connectivity index (χ1v) is 4.79. The van der Waals surface area contributed by atoms with E-state index < -0.39 is 0 Å². The molecule has 0 aliphatic heterocycles. The van der Waals surface area contributed by atoms with Gasteiger partial charge in [0.25, 0.3) is 0 Å². The van der Waals surface area contributed by atoms with E-state index in [4.69, 9.17) is 5.73 Å². The first kappa shape index (κ1) is 8.56. The van der Waals surface area contributed by atoms with E-state index in [0.29, 0.717) is 5.82 Å². The maximum atomic E-state index is 5.86. The van der Waals surface area contributed by atoms with E-state index in [2.05, 4.69) is 20.9 Å². The van der Waals surface area contributed by atoms with Crippen LogP contribution in [0.1, 0.15) is 11.3 Å². The Bertz CT molecular complexity index is 473. The van der Waals surface area contributed by atoms with E-state index in [9.17, 15) is 0 Å². The molecule has 0 bridgehead atoms. The summed E-state index contributed by atoms with van der Waals surface area (Å²) in [6, 6.07) is 2.03. The van der Waals surface area contributed by atoms with Crippen molar-refractivity contribution in [3.05, 3.63) is 28.0 Å². The highest BCUT2D eigenvalue weighted by Gasteiger charge is 2.07. The Morgan fingerprint density at radius 3 is 2.85 bits per heavy atom. The third kappa shape index (κ3) is 1.21. The number of rotatable bonds is 0. The molecule has 0 amide bonds. The number of nitrogen functional groups attached to an aromatic ring is 1. The van der Waals surface area contributed by atoms with Crippen LogP contribution in [0.4, 0.5) is 5.82 Å². The maximum Gasteiger partial charge on any atom is 0.141 e. The van der Waals surface area contributed by atoms with Crippen LogP contribution in [0.15, 0.2) is 16.7 Å². The molecule has 0 fully saturated rings. The van der Waals surface area contributed by atoms with Gasteiger partial charge in [0.2, 0.25) is 0 Å². The molecule has 2 aromatic heterocycles. The van der Waals surface area contributed by atoms with Crippen LogP contribution in [0.2, 0.25) is 0 Å². The summed E-state index contributed by atoms with van der Waals surface area (Å²) < 4.78 is 2.91. The molecule has 2 aromatic rings. The molecule has 0 saturated heterocycles. The van der Waals surface area contributed by atoms with Crippen molar-refractivity contribution in [1.29, 1.82) is 0 Å². The zero-order valence-electron chi connectivity index (χ0n) is 7.50. The lowest BCUT2D eigenvalue weighted by molar-refractivity contribution is 1.16. The topological polar surface area (TPSA) is 43.3 Å². The summed E-state index contributed by atoms with van der Waals surface area (Å²) in [5.74, 6) is 0.708. The quantitative estimate of drug-likeness (QED) is 0.767. The van der Waals surface area contributed by atoms with Crippen molar-refractivity contribution in [3.63, 3.8) is 0 Å². The number of pyridine rings is 1. The first-order valence-electron chi connectivity index (χ1n) is 4.00. The smallest absolute Gasteiger partial charge is 0.141 e. The minimum absolute atomic E-state index is 0.708. The Kier molecular flexibility index (Phi) is 1.80. The highest BCUT2D eigenvalue weighted by Crippen LogP contribution is 2.21. The van der Waals surface area contributed by atoms with Crippen molar-refractivity contribution in [1.82, 2.24) is 9.38 Å². The molecule has 3 nitrogen and oxygen atoms in total. The average molecular weight is 240 g/mol. The van der Waals surface area contributed by atoms with E-state index in [1.54, 1.807) is 0 Å². The van der Waals surface area contributed by atoms with Gasteiger partial charge in [0.1, 0.15) is 11.5 Å². The summed E-state index contributed by atoms with van der Waals surface area (Å²) in [5, 5.41) is 0. The van der Waals surface area contributed by atoms with Gasteiger partial charge in [-0.25, -0.2) is 4.98 Å². The van der Waals surface area contributed by atoms with Gasteiger partial charge in [-0.15, -0.1) is 0 Å². The molecule has 4 heteroatoms. The second-order valence-corrected chi connectivity index (χ2v) is 4.03. The van der Waals surface area contributed by atoms with Crippen molar-refractivity contribution in [2.75, 3.05) is 5.73 Å². The Labute approximate surface area is 84.7 Å². The van der Waals surface area contributed by atoms with Crippen molar-refractivity contribution >= 4 is 27.4 Å². The number of nitrogens with zero attached hydrogens (tertiary/aromatic N) is 2. The van der Waals surface area contributed by atoms with Crippen LogP contribution in [0.3, 0.4) is 0 Å². The molecule has 13 heavy (non-hydrogen) atoms. The van der Waals surface area contributed by atoms with Crippen molar-refractivity contribution < 1.29 is 0 Å². The molecule has 2 rings (SSSR count). The number of fused-ring (bicyclic) bond motifs is 1. The van der Waals surface area contributed by atoms with Crippen molar-refractivity contribution in [2.24, 2.45) is 0 Å². The van der Waals surface area contributed by atoms with Gasteiger partial charge in [-0.1, -0.05) is 0 Å². The number of imidazole rings is 1. The number of hydrogen-bond acceptors (Lipinski definition) is 2. The Balaban J connectivity index is 2.94. The lowest BCUT2D eigenvalue weighted by Crippen LogP contribution is -1.94. The van der Waals surface area contributed by atoms with Crippen molar-refractivity contribution in [2.45, 2.75) is 13.8 Å². The molecule has 0 aliphatic carbocycles. The fourth-order valence-electron chi connectivity index (χ4n) is 1.40. The zero-order chi connectivity index (χ0) is 9.59. The Morgan fingerprint density at radius 1 is 1.46 bits per heavy atom. The molecule has 0 atom stereocenters. The van der Waals surface area contributed by atoms with Crippen LogP contribution in [0.25, 0.3) is 5.65 Å². The SMILES string of the molecule is Cc1nc2c(C)cc(Br)cn2c1N. The number of halogens is 1. The molecule has 2 heterocycles. The third-order valence-corrected chi connectivity index (χ3v) is 2.53. The van der Waals surface area contributed by atoms with Crippen LogP contribution in [0, 0.1) is 13.8 Å². The highest BCUT2D eigenvalue weighted by atomic mass is 79.9. The molecule has 68 valence electrons. The van der Waals surface area contributed by atoms with Gasteiger partial charge >= 0.3 is 0 Å². The minimum atomic E-state index is 0.708. The minimum Gasteiger partial charge on any atom is -0.383 e. The zero-order valence-corrected chi connectivity index (χ0v) is 9.09. The number of hydrogen-bond donors (Lipinski definition) is 1. The molecule has 0 saturated carbocycles. The summed E-state index contributed by atoms with van der Waals surface area (Å²) in [5.41, 5.74) is 8.78. The predicted octanol–water partition coefficient (Wildman–Crippen LogP) is 2.30. The highest BCUT2D eigenvalue weighted by molar-refractivity contribution is 9.10. The van der Waals surface area contributed by atoms with E-state index in [0.717, 1.165) is 21.4 Å². The Morgan fingerprint density at radius 2 is 2.15 bits per heavy atom. The fourth-order valence-corrected chi connectivity index (χ4v) is 1.95. The van der Waals surface area contributed by atoms with Crippen LogP contribution >= 0.6 is 15.9 Å². The molecule has 0 aromatic carbocycles. The third-order valence-electron chi connectivity index (χ3n) is 2.09. The molecular weight excluding hydrogens is 230 g/mol. The van der Waals surface area contributed by atoms with Gasteiger partial charge in [0, 0.05) is 10.7 Å². The molecule has 0 aliphatic rings. The summed E-state index contributed by atoms with van der Waals surface area (Å²) in [4.78, 5) is 4.37. The van der Waals surface area contributed by atoms with E-state index in [1.807, 2.05) is 30.5 Å². The summed E-state index contributed by atoms with van der Waals surface area (Å²) >= 11 is 3.42. The maximum absolute atomic E-state index is 5.86. The standard InChI is InChI=1S/C9H10BrN3/c1-5-3-7(10)4-13-8(11)6(2)12-9(5)13/h3-4H,11H2,1-2H3. The second-order valence-electron chi connectivity index (χ2n) is 3.12. The molecule has 0 radical (unpaired) electrons. The summed E-state index contributed by atoms with van der Waals surface area (Å²) in [7, 11) is 0. The fraction of sp³-hybridized carbons (Fsp3) is 0.222.